The van der Waals surface area contributed by atoms with Gasteiger partial charge < -0.3 is 30.3 Å². The summed E-state index contributed by atoms with van der Waals surface area (Å²) in [4.78, 5) is 34.7. The molecule has 4 N–H and O–H groups in total. The van der Waals surface area contributed by atoms with Crippen LogP contribution in [0.25, 0.3) is 20.4 Å². The maximum Gasteiger partial charge on any atom is 0.234 e. The predicted molar refractivity (Wildman–Crippen MR) is 209 cm³/mol. The summed E-state index contributed by atoms with van der Waals surface area (Å²) in [7, 11) is 0. The fourth-order valence-corrected chi connectivity index (χ4v) is 9.04. The van der Waals surface area contributed by atoms with Gasteiger partial charge in [-0.1, -0.05) is 49.5 Å². The third-order valence-electron chi connectivity index (χ3n) is 7.94. The molecule has 2 aromatic heterocycles. The van der Waals surface area contributed by atoms with Crippen LogP contribution in [0.15, 0.2) is 81.5 Å². The lowest BCUT2D eigenvalue weighted by molar-refractivity contribution is -0.114. The molecule has 0 bridgehead atoms. The van der Waals surface area contributed by atoms with E-state index in [2.05, 4.69) is 20.6 Å². The maximum atomic E-state index is 12.8. The molecule has 0 saturated carbocycles. The van der Waals surface area contributed by atoms with Crippen molar-refractivity contribution in [1.29, 1.82) is 0 Å². The number of hydrogen-bond donors (Lipinski definition) is 4. The number of aromatic hydroxyl groups is 2. The van der Waals surface area contributed by atoms with Gasteiger partial charge in [0.2, 0.25) is 11.8 Å². The van der Waals surface area contributed by atoms with E-state index in [1.165, 1.54) is 46.2 Å². The van der Waals surface area contributed by atoms with E-state index < -0.39 is 5.41 Å². The second-order valence-electron chi connectivity index (χ2n) is 11.8. The monoisotopic (exact) mass is 760 g/mol. The summed E-state index contributed by atoms with van der Waals surface area (Å²) in [5.74, 6) is 1.14. The lowest BCUT2D eigenvalue weighted by atomic mass is 9.78. The van der Waals surface area contributed by atoms with Gasteiger partial charge in [0.15, 0.2) is 8.68 Å². The molecule has 0 aliphatic heterocycles. The minimum Gasteiger partial charge on any atom is -0.506 e. The van der Waals surface area contributed by atoms with E-state index in [1.54, 1.807) is 24.3 Å². The summed E-state index contributed by atoms with van der Waals surface area (Å²) in [5.41, 5.74) is 3.20. The summed E-state index contributed by atoms with van der Waals surface area (Å²) in [6, 6.07) is 21.7. The summed E-state index contributed by atoms with van der Waals surface area (Å²) >= 11 is 5.65. The fraction of sp³-hybridized carbons (Fsp3) is 0.243. The molecular formula is C37H36N4O6S4. The summed E-state index contributed by atoms with van der Waals surface area (Å²) in [6.07, 6.45) is 0. The normalized spacial score (nSPS) is 11.5. The first kappa shape index (κ1) is 36.3. The largest absolute Gasteiger partial charge is 0.506 e. The number of carbonyl (C=O) groups is 2. The molecule has 14 heteroatoms. The van der Waals surface area contributed by atoms with Crippen molar-refractivity contribution in [3.63, 3.8) is 0 Å². The number of thiazole rings is 2. The van der Waals surface area contributed by atoms with Crippen molar-refractivity contribution in [2.24, 2.45) is 0 Å². The zero-order chi connectivity index (χ0) is 36.1. The highest BCUT2D eigenvalue weighted by atomic mass is 32.2. The van der Waals surface area contributed by atoms with Gasteiger partial charge >= 0.3 is 0 Å². The Bertz CT molecular complexity index is 2060. The van der Waals surface area contributed by atoms with Gasteiger partial charge in [0.05, 0.1) is 56.5 Å². The van der Waals surface area contributed by atoms with Crippen LogP contribution in [0.2, 0.25) is 0 Å². The number of nitrogens with one attached hydrogen (secondary N) is 2. The molecule has 6 rings (SSSR count). The van der Waals surface area contributed by atoms with Crippen LogP contribution < -0.4 is 20.1 Å². The molecule has 0 unspecified atom stereocenters. The number of phenolic OH excluding ortho intramolecular Hbond substituents is 2. The predicted octanol–water partition coefficient (Wildman–Crippen LogP) is 8.90. The van der Waals surface area contributed by atoms with E-state index >= 15 is 0 Å². The highest BCUT2D eigenvalue weighted by Crippen LogP contribution is 2.39. The van der Waals surface area contributed by atoms with Gasteiger partial charge in [0.1, 0.15) is 23.0 Å². The summed E-state index contributed by atoms with van der Waals surface area (Å²) < 4.78 is 14.6. The Morgan fingerprint density at radius 1 is 0.686 bits per heavy atom. The van der Waals surface area contributed by atoms with Crippen molar-refractivity contribution < 1.29 is 29.3 Å². The topological polar surface area (TPSA) is 143 Å². The number of fused-ring (bicyclic) bond motifs is 2. The first-order valence-corrected chi connectivity index (χ1v) is 19.7. The number of aromatic nitrogens is 2. The molecule has 4 aromatic carbocycles. The van der Waals surface area contributed by atoms with Gasteiger partial charge in [-0.2, -0.15) is 0 Å². The average Bonchev–Trinajstić information content (AvgIpc) is 3.71. The molecule has 2 heterocycles. The highest BCUT2D eigenvalue weighted by molar-refractivity contribution is 8.02. The molecule has 6 aromatic rings. The van der Waals surface area contributed by atoms with Crippen LogP contribution in [0.1, 0.15) is 38.8 Å². The standard InChI is InChI=1S/C37H36N4O6S4/c1-5-46-23-9-13-27-31(17-23)50-35(40-27)48-19-33(44)38-25-11-7-21(15-29(25)42)37(3,4)22-8-12-26(30(43)16-22)39-34(45)20-49-36-41-28-14-10-24(47-6-2)18-32(28)51-36/h7-18,42-43H,5-6,19-20H2,1-4H3,(H,38,44)(H,39,45). The molecule has 0 aliphatic carbocycles. The Morgan fingerprint density at radius 2 is 1.12 bits per heavy atom. The molecule has 0 atom stereocenters. The molecule has 2 amide bonds. The van der Waals surface area contributed by atoms with Crippen molar-refractivity contribution in [2.45, 2.75) is 41.8 Å². The minimum atomic E-state index is -0.629. The number of thioether (sulfide) groups is 2. The van der Waals surface area contributed by atoms with Crippen molar-refractivity contribution in [3.8, 4) is 23.0 Å². The first-order valence-electron chi connectivity index (χ1n) is 16.1. The molecule has 264 valence electrons. The van der Waals surface area contributed by atoms with Gasteiger partial charge in [-0.15, -0.1) is 22.7 Å². The molecule has 10 nitrogen and oxygen atoms in total. The summed E-state index contributed by atoms with van der Waals surface area (Å²) in [6.45, 7) is 8.96. The average molecular weight is 761 g/mol. The number of nitrogens with zero attached hydrogens (tertiary/aromatic N) is 2. The van der Waals surface area contributed by atoms with Crippen molar-refractivity contribution >= 4 is 89.8 Å². The molecule has 0 aliphatic rings. The number of carbonyl (C=O) groups excluding carboxylic acids is 2. The zero-order valence-corrected chi connectivity index (χ0v) is 31.6. The van der Waals surface area contributed by atoms with Crippen LogP contribution in [-0.4, -0.2) is 56.7 Å². The quantitative estimate of drug-likeness (QED) is 0.0628. The van der Waals surface area contributed by atoms with E-state index in [4.69, 9.17) is 9.47 Å². The van der Waals surface area contributed by atoms with Crippen LogP contribution in [0.5, 0.6) is 23.0 Å². The highest BCUT2D eigenvalue weighted by Gasteiger charge is 2.26. The zero-order valence-electron chi connectivity index (χ0n) is 28.3. The Morgan fingerprint density at radius 3 is 1.51 bits per heavy atom. The molecule has 0 radical (unpaired) electrons. The van der Waals surface area contributed by atoms with Crippen molar-refractivity contribution in [3.05, 3.63) is 83.9 Å². The number of anilines is 2. The lowest BCUT2D eigenvalue weighted by Gasteiger charge is -2.27. The van der Waals surface area contributed by atoms with Crippen LogP contribution in [-0.2, 0) is 15.0 Å². The fourth-order valence-electron chi connectivity index (χ4n) is 5.25. The van der Waals surface area contributed by atoms with Crippen LogP contribution >= 0.6 is 46.2 Å². The second kappa shape index (κ2) is 15.8. The second-order valence-corrected chi connectivity index (χ2v) is 16.4. The molecule has 0 saturated heterocycles. The molecule has 0 spiro atoms. The Kier molecular flexibility index (Phi) is 11.2. The third-order valence-corrected chi connectivity index (χ3v) is 12.3. The van der Waals surface area contributed by atoms with Crippen molar-refractivity contribution in [2.75, 3.05) is 35.4 Å². The van der Waals surface area contributed by atoms with Gasteiger partial charge in [0, 0.05) is 5.41 Å². The van der Waals surface area contributed by atoms with Gasteiger partial charge in [-0.3, -0.25) is 9.59 Å². The lowest BCUT2D eigenvalue weighted by Crippen LogP contribution is -2.20. The number of rotatable bonds is 14. The van der Waals surface area contributed by atoms with E-state index in [0.717, 1.165) is 51.7 Å². The molecular weight excluding hydrogens is 725 g/mol. The number of benzene rings is 4. The van der Waals surface area contributed by atoms with Gasteiger partial charge in [-0.25, -0.2) is 9.97 Å². The molecule has 0 fully saturated rings. The smallest absolute Gasteiger partial charge is 0.234 e. The van der Waals surface area contributed by atoms with Crippen LogP contribution in [0.3, 0.4) is 0 Å². The first-order chi connectivity index (χ1) is 24.5. The SMILES string of the molecule is CCOc1ccc2nc(SCC(=O)Nc3ccc(C(C)(C)c4ccc(NC(=O)CSc5nc6ccc(OCC)cc6s5)c(O)c4)cc3O)sc2c1. The van der Waals surface area contributed by atoms with Crippen LogP contribution in [0.4, 0.5) is 11.4 Å². The Hall–Kier alpha value is -4.50. The van der Waals surface area contributed by atoms with E-state index in [-0.39, 0.29) is 34.8 Å². The van der Waals surface area contributed by atoms with Crippen LogP contribution in [0, 0.1) is 0 Å². The van der Waals surface area contributed by atoms with E-state index in [9.17, 15) is 19.8 Å². The van der Waals surface area contributed by atoms with E-state index in [0.29, 0.717) is 24.6 Å². The number of amides is 2. The summed E-state index contributed by atoms with van der Waals surface area (Å²) in [5, 5.41) is 27.3. The van der Waals surface area contributed by atoms with Gasteiger partial charge in [0.25, 0.3) is 0 Å². The number of phenols is 2. The maximum absolute atomic E-state index is 12.8. The minimum absolute atomic E-state index is 0.0733. The van der Waals surface area contributed by atoms with Crippen molar-refractivity contribution in [1.82, 2.24) is 9.97 Å². The Labute approximate surface area is 311 Å². The third kappa shape index (κ3) is 8.70. The molecule has 51 heavy (non-hydrogen) atoms. The van der Waals surface area contributed by atoms with E-state index in [1.807, 2.05) is 76.2 Å². The Balaban J connectivity index is 1.03. The number of ether oxygens (including phenoxy) is 2. The number of hydrogen-bond acceptors (Lipinski definition) is 12. The van der Waals surface area contributed by atoms with Gasteiger partial charge in [-0.05, 0) is 85.6 Å².